The minimum Gasteiger partial charge on any atom is -0.304 e. The molecule has 0 aromatic heterocycles. The van der Waals surface area contributed by atoms with Gasteiger partial charge in [0.1, 0.15) is 6.29 Å². The van der Waals surface area contributed by atoms with Crippen molar-refractivity contribution in [1.29, 1.82) is 0 Å². The number of piperidine rings is 1. The normalized spacial score (nSPS) is 40.5. The second-order valence-electron chi connectivity index (χ2n) is 4.98. The summed E-state index contributed by atoms with van der Waals surface area (Å²) in [6, 6.07) is 0.589. The van der Waals surface area contributed by atoms with Gasteiger partial charge in [-0.1, -0.05) is 25.3 Å². The van der Waals surface area contributed by atoms with Gasteiger partial charge in [-0.3, -0.25) is 0 Å². The van der Waals surface area contributed by atoms with Gasteiger partial charge in [0, 0.05) is 6.04 Å². The van der Waals surface area contributed by atoms with Crippen LogP contribution in [-0.4, -0.2) is 18.4 Å². The molecule has 15 heavy (non-hydrogen) atoms. The molecule has 1 heterocycles. The maximum Gasteiger partial charge on any atom is 0.136 e. The van der Waals surface area contributed by atoms with Crippen LogP contribution < -0.4 is 5.32 Å². The Morgan fingerprint density at radius 2 is 2.13 bits per heavy atom. The van der Waals surface area contributed by atoms with Crippen molar-refractivity contribution >= 4 is 6.29 Å². The van der Waals surface area contributed by atoms with Crippen molar-refractivity contribution in [3.8, 4) is 0 Å². The van der Waals surface area contributed by atoms with E-state index in [2.05, 4.69) is 11.9 Å². The van der Waals surface area contributed by atoms with Crippen LogP contribution in [0, 0.1) is 11.8 Å². The number of carbonyl (C=O) groups is 1. The molecule has 0 aromatic carbocycles. The smallest absolute Gasteiger partial charge is 0.136 e. The SMILES string of the molecule is C=CCC1NC(C=O)CC2CCCCC21. The fraction of sp³-hybridized carbons (Fsp3) is 0.769. The molecule has 0 spiro atoms. The Bertz CT molecular complexity index is 239. The summed E-state index contributed by atoms with van der Waals surface area (Å²) in [4.78, 5) is 10.9. The van der Waals surface area contributed by atoms with Crippen molar-refractivity contribution in [2.24, 2.45) is 11.8 Å². The van der Waals surface area contributed by atoms with Gasteiger partial charge in [0.05, 0.1) is 6.04 Å². The summed E-state index contributed by atoms with van der Waals surface area (Å²) in [5, 5.41) is 3.46. The van der Waals surface area contributed by atoms with Crippen LogP contribution in [0.4, 0.5) is 0 Å². The van der Waals surface area contributed by atoms with Crippen molar-refractivity contribution in [3.05, 3.63) is 12.7 Å². The number of rotatable bonds is 3. The molecule has 84 valence electrons. The molecule has 2 rings (SSSR count). The second kappa shape index (κ2) is 4.93. The maximum atomic E-state index is 10.9. The molecule has 0 aromatic rings. The molecule has 2 heteroatoms. The lowest BCUT2D eigenvalue weighted by Crippen LogP contribution is -2.52. The van der Waals surface area contributed by atoms with Crippen molar-refractivity contribution in [3.63, 3.8) is 0 Å². The molecule has 0 bridgehead atoms. The highest BCUT2D eigenvalue weighted by molar-refractivity contribution is 5.58. The summed E-state index contributed by atoms with van der Waals surface area (Å²) >= 11 is 0. The monoisotopic (exact) mass is 207 g/mol. The zero-order chi connectivity index (χ0) is 10.7. The van der Waals surface area contributed by atoms with E-state index in [0.717, 1.165) is 31.0 Å². The molecule has 2 aliphatic rings. The lowest BCUT2D eigenvalue weighted by Gasteiger charge is -2.44. The predicted molar refractivity (Wildman–Crippen MR) is 61.7 cm³/mol. The molecule has 0 amide bonds. The summed E-state index contributed by atoms with van der Waals surface area (Å²) in [6.45, 7) is 3.81. The average Bonchev–Trinajstić information content (AvgIpc) is 2.29. The van der Waals surface area contributed by atoms with E-state index in [9.17, 15) is 4.79 Å². The topological polar surface area (TPSA) is 29.1 Å². The number of hydrogen-bond donors (Lipinski definition) is 1. The van der Waals surface area contributed by atoms with Crippen LogP contribution in [0.1, 0.15) is 38.5 Å². The highest BCUT2D eigenvalue weighted by Gasteiger charge is 2.37. The summed E-state index contributed by atoms with van der Waals surface area (Å²) < 4.78 is 0. The number of aldehydes is 1. The Hall–Kier alpha value is -0.630. The molecule has 0 radical (unpaired) electrons. The quantitative estimate of drug-likeness (QED) is 0.568. The minimum atomic E-state index is 0.0919. The molecule has 2 nitrogen and oxygen atoms in total. The van der Waals surface area contributed by atoms with Gasteiger partial charge in [0.2, 0.25) is 0 Å². The third-order valence-corrected chi connectivity index (χ3v) is 4.05. The van der Waals surface area contributed by atoms with Crippen molar-refractivity contribution in [2.75, 3.05) is 0 Å². The fourth-order valence-electron chi connectivity index (χ4n) is 3.37. The van der Waals surface area contributed by atoms with E-state index in [4.69, 9.17) is 0 Å². The molecular formula is C13H21NO. The van der Waals surface area contributed by atoms with Gasteiger partial charge in [-0.25, -0.2) is 0 Å². The highest BCUT2D eigenvalue weighted by atomic mass is 16.1. The van der Waals surface area contributed by atoms with Crippen LogP contribution in [0.5, 0.6) is 0 Å². The van der Waals surface area contributed by atoms with Crippen LogP contribution >= 0.6 is 0 Å². The number of fused-ring (bicyclic) bond motifs is 1. The van der Waals surface area contributed by atoms with E-state index >= 15 is 0 Å². The molecule has 1 saturated carbocycles. The summed E-state index contributed by atoms with van der Waals surface area (Å²) in [7, 11) is 0. The molecule has 4 atom stereocenters. The lowest BCUT2D eigenvalue weighted by atomic mass is 9.69. The van der Waals surface area contributed by atoms with Gasteiger partial charge < -0.3 is 10.1 Å². The van der Waals surface area contributed by atoms with Crippen molar-refractivity contribution in [2.45, 2.75) is 50.6 Å². The Morgan fingerprint density at radius 3 is 2.87 bits per heavy atom. The molecule has 1 N–H and O–H groups in total. The standard InChI is InChI=1S/C13H21NO/c1-2-5-13-12-7-4-3-6-10(12)8-11(9-15)14-13/h2,9-14H,1,3-8H2. The molecular weight excluding hydrogens is 186 g/mol. The van der Waals surface area contributed by atoms with Crippen LogP contribution in [0.2, 0.25) is 0 Å². The van der Waals surface area contributed by atoms with Gasteiger partial charge in [0.15, 0.2) is 0 Å². The van der Waals surface area contributed by atoms with E-state index in [-0.39, 0.29) is 6.04 Å². The number of carbonyl (C=O) groups excluding carboxylic acids is 1. The van der Waals surface area contributed by atoms with E-state index < -0.39 is 0 Å². The summed E-state index contributed by atoms with van der Waals surface area (Å²) in [5.74, 6) is 1.56. The van der Waals surface area contributed by atoms with E-state index in [1.165, 1.54) is 25.7 Å². The Balaban J connectivity index is 2.05. The Labute approximate surface area is 92.1 Å². The minimum absolute atomic E-state index is 0.0919. The highest BCUT2D eigenvalue weighted by Crippen LogP contribution is 2.39. The predicted octanol–water partition coefficient (Wildman–Crippen LogP) is 2.30. The van der Waals surface area contributed by atoms with Crippen LogP contribution in [-0.2, 0) is 4.79 Å². The lowest BCUT2D eigenvalue weighted by molar-refractivity contribution is -0.111. The zero-order valence-corrected chi connectivity index (χ0v) is 9.32. The van der Waals surface area contributed by atoms with E-state index in [1.54, 1.807) is 0 Å². The molecule has 4 unspecified atom stereocenters. The molecule has 2 fully saturated rings. The first kappa shape index (κ1) is 10.9. The fourth-order valence-corrected chi connectivity index (χ4v) is 3.37. The molecule has 1 saturated heterocycles. The van der Waals surface area contributed by atoms with E-state index in [1.807, 2.05) is 6.08 Å². The maximum absolute atomic E-state index is 10.9. The van der Waals surface area contributed by atoms with Crippen LogP contribution in [0.25, 0.3) is 0 Å². The molecule has 1 aliphatic heterocycles. The van der Waals surface area contributed by atoms with Crippen LogP contribution in [0.15, 0.2) is 12.7 Å². The number of nitrogens with one attached hydrogen (secondary N) is 1. The average molecular weight is 207 g/mol. The Kier molecular flexibility index (Phi) is 3.57. The van der Waals surface area contributed by atoms with Crippen molar-refractivity contribution in [1.82, 2.24) is 5.32 Å². The molecule has 1 aliphatic carbocycles. The van der Waals surface area contributed by atoms with Gasteiger partial charge >= 0.3 is 0 Å². The van der Waals surface area contributed by atoms with Crippen LogP contribution in [0.3, 0.4) is 0 Å². The summed E-state index contributed by atoms with van der Waals surface area (Å²) in [6.07, 6.45) is 10.5. The first-order chi connectivity index (χ1) is 7.35. The summed E-state index contributed by atoms with van der Waals surface area (Å²) in [5.41, 5.74) is 0. The zero-order valence-electron chi connectivity index (χ0n) is 9.32. The Morgan fingerprint density at radius 1 is 1.33 bits per heavy atom. The largest absolute Gasteiger partial charge is 0.304 e. The van der Waals surface area contributed by atoms with Gasteiger partial charge in [-0.05, 0) is 31.1 Å². The third-order valence-electron chi connectivity index (χ3n) is 4.05. The van der Waals surface area contributed by atoms with Gasteiger partial charge in [-0.15, -0.1) is 6.58 Å². The number of hydrogen-bond acceptors (Lipinski definition) is 2. The van der Waals surface area contributed by atoms with Gasteiger partial charge in [-0.2, -0.15) is 0 Å². The first-order valence-corrected chi connectivity index (χ1v) is 6.17. The van der Waals surface area contributed by atoms with Crippen molar-refractivity contribution < 1.29 is 4.79 Å². The van der Waals surface area contributed by atoms with Gasteiger partial charge in [0.25, 0.3) is 0 Å². The third kappa shape index (κ3) is 2.31. The first-order valence-electron chi connectivity index (χ1n) is 6.17. The van der Waals surface area contributed by atoms with E-state index in [0.29, 0.717) is 6.04 Å². The second-order valence-corrected chi connectivity index (χ2v) is 4.98.